The average molecular weight is 263 g/mol. The molecule has 0 bridgehead atoms. The molecule has 0 spiro atoms. The van der Waals surface area contributed by atoms with Crippen LogP contribution in [0, 0.1) is 0 Å². The van der Waals surface area contributed by atoms with Crippen LogP contribution in [-0.4, -0.2) is 51.0 Å². The summed E-state index contributed by atoms with van der Waals surface area (Å²) in [6.45, 7) is 3.44. The van der Waals surface area contributed by atoms with Crippen LogP contribution in [0.2, 0.25) is 0 Å². The first kappa shape index (κ1) is 13.3. The smallest absolute Gasteiger partial charge is 0.329 e. The Morgan fingerprint density at radius 3 is 2.53 bits per heavy atom. The fraction of sp³-hybridized carbons (Fsp3) is 0.462. The maximum Gasteiger partial charge on any atom is 0.329 e. The molecule has 6 nitrogen and oxygen atoms in total. The first-order valence-corrected chi connectivity index (χ1v) is 6.03. The lowest BCUT2D eigenvalue weighted by Crippen LogP contribution is -2.51. The van der Waals surface area contributed by atoms with Crippen LogP contribution in [-0.2, 0) is 4.79 Å². The van der Waals surface area contributed by atoms with Crippen LogP contribution in [0.15, 0.2) is 24.5 Å². The number of urea groups is 1. The molecule has 0 radical (unpaired) electrons. The van der Waals surface area contributed by atoms with E-state index in [2.05, 4.69) is 4.98 Å². The molecule has 1 N–H and O–H groups in total. The number of nitrogens with zero attached hydrogens (tertiary/aromatic N) is 3. The molecule has 1 aromatic rings. The molecule has 0 saturated carbocycles. The maximum absolute atomic E-state index is 12.2. The number of aromatic nitrogens is 1. The quantitative estimate of drug-likeness (QED) is 0.893. The summed E-state index contributed by atoms with van der Waals surface area (Å²) in [5, 5.41) is 9.24. The summed E-state index contributed by atoms with van der Waals surface area (Å²) in [7, 11) is 1.69. The van der Waals surface area contributed by atoms with E-state index in [-0.39, 0.29) is 12.1 Å². The number of likely N-dealkylation sites (N-methyl/N-ethyl adjacent to an activating group) is 1. The summed E-state index contributed by atoms with van der Waals surface area (Å²) >= 11 is 0. The first-order chi connectivity index (χ1) is 8.85. The number of hydrogen-bond donors (Lipinski definition) is 1. The van der Waals surface area contributed by atoms with Gasteiger partial charge in [0.1, 0.15) is 5.54 Å². The van der Waals surface area contributed by atoms with E-state index < -0.39 is 11.5 Å². The Bertz CT molecular complexity index is 501. The maximum atomic E-state index is 12.2. The van der Waals surface area contributed by atoms with Gasteiger partial charge in [-0.2, -0.15) is 0 Å². The molecule has 1 fully saturated rings. The summed E-state index contributed by atoms with van der Waals surface area (Å²) in [6.07, 6.45) is 3.33. The van der Waals surface area contributed by atoms with E-state index in [0.717, 1.165) is 5.56 Å². The minimum Gasteiger partial charge on any atom is -0.480 e. The fourth-order valence-corrected chi connectivity index (χ4v) is 2.19. The Labute approximate surface area is 111 Å². The van der Waals surface area contributed by atoms with Gasteiger partial charge >= 0.3 is 12.0 Å². The molecule has 1 saturated heterocycles. The second-order valence-electron chi connectivity index (χ2n) is 5.16. The van der Waals surface area contributed by atoms with Crippen molar-refractivity contribution >= 4 is 12.0 Å². The molecule has 1 unspecified atom stereocenters. The first-order valence-electron chi connectivity index (χ1n) is 6.03. The molecule has 102 valence electrons. The van der Waals surface area contributed by atoms with Crippen molar-refractivity contribution in [2.75, 3.05) is 13.6 Å². The van der Waals surface area contributed by atoms with Crippen LogP contribution in [0.3, 0.4) is 0 Å². The van der Waals surface area contributed by atoms with Crippen LogP contribution in [0.1, 0.15) is 25.5 Å². The van der Waals surface area contributed by atoms with Gasteiger partial charge in [0.25, 0.3) is 0 Å². The minimum atomic E-state index is -1.22. The third kappa shape index (κ3) is 2.14. The van der Waals surface area contributed by atoms with Crippen LogP contribution < -0.4 is 0 Å². The van der Waals surface area contributed by atoms with Crippen LogP contribution in [0.4, 0.5) is 4.79 Å². The topological polar surface area (TPSA) is 73.7 Å². The Morgan fingerprint density at radius 2 is 2.00 bits per heavy atom. The molecule has 2 heterocycles. The van der Waals surface area contributed by atoms with Gasteiger partial charge in [0.15, 0.2) is 0 Å². The van der Waals surface area contributed by atoms with Crippen molar-refractivity contribution < 1.29 is 14.7 Å². The number of aliphatic carboxylic acids is 1. The van der Waals surface area contributed by atoms with Crippen molar-refractivity contribution in [3.8, 4) is 0 Å². The molecule has 0 aliphatic carbocycles. The van der Waals surface area contributed by atoms with E-state index in [1.807, 2.05) is 12.1 Å². The van der Waals surface area contributed by atoms with Crippen LogP contribution >= 0.6 is 0 Å². The van der Waals surface area contributed by atoms with E-state index in [1.54, 1.807) is 24.3 Å². The Kier molecular flexibility index (Phi) is 3.18. The van der Waals surface area contributed by atoms with E-state index in [9.17, 15) is 14.7 Å². The number of rotatable bonds is 3. The van der Waals surface area contributed by atoms with Gasteiger partial charge in [-0.1, -0.05) is 0 Å². The highest BCUT2D eigenvalue weighted by atomic mass is 16.4. The van der Waals surface area contributed by atoms with Gasteiger partial charge in [-0.25, -0.2) is 9.59 Å². The Balaban J connectivity index is 2.30. The number of amides is 2. The highest BCUT2D eigenvalue weighted by Crippen LogP contribution is 2.32. The van der Waals surface area contributed by atoms with Gasteiger partial charge in [0.2, 0.25) is 0 Å². The molecular weight excluding hydrogens is 246 g/mol. The van der Waals surface area contributed by atoms with E-state index in [0.29, 0.717) is 6.54 Å². The SMILES string of the molecule is CN1C(=O)N(C(C)(C)C(=O)O)CC1c1ccncc1. The van der Waals surface area contributed by atoms with Gasteiger partial charge in [0.05, 0.1) is 6.04 Å². The summed E-state index contributed by atoms with van der Waals surface area (Å²) < 4.78 is 0. The zero-order valence-electron chi connectivity index (χ0n) is 11.2. The number of carbonyl (C=O) groups is 2. The lowest BCUT2D eigenvalue weighted by molar-refractivity contribution is -0.147. The average Bonchev–Trinajstić information content (AvgIpc) is 2.68. The molecule has 19 heavy (non-hydrogen) atoms. The van der Waals surface area contributed by atoms with Gasteiger partial charge in [0, 0.05) is 26.0 Å². The molecule has 1 aliphatic heterocycles. The predicted molar refractivity (Wildman–Crippen MR) is 68.6 cm³/mol. The normalized spacial score (nSPS) is 19.9. The standard InChI is InChI=1S/C13H17N3O3/c1-13(2,11(17)18)16-8-10(15(3)12(16)19)9-4-6-14-7-5-9/h4-7,10H,8H2,1-3H3,(H,17,18). The molecular formula is C13H17N3O3. The summed E-state index contributed by atoms with van der Waals surface area (Å²) in [6, 6.07) is 3.26. The molecule has 2 rings (SSSR count). The molecule has 1 aliphatic rings. The van der Waals surface area contributed by atoms with Gasteiger partial charge in [-0.05, 0) is 31.5 Å². The monoisotopic (exact) mass is 263 g/mol. The molecule has 6 heteroatoms. The van der Waals surface area contributed by atoms with Crippen LogP contribution in [0.5, 0.6) is 0 Å². The lowest BCUT2D eigenvalue weighted by Gasteiger charge is -2.30. The number of hydrogen-bond acceptors (Lipinski definition) is 3. The van der Waals surface area contributed by atoms with Crippen molar-refractivity contribution in [3.63, 3.8) is 0 Å². The van der Waals surface area contributed by atoms with E-state index >= 15 is 0 Å². The van der Waals surface area contributed by atoms with Crippen molar-refractivity contribution in [2.45, 2.75) is 25.4 Å². The van der Waals surface area contributed by atoms with Crippen molar-refractivity contribution in [1.29, 1.82) is 0 Å². The van der Waals surface area contributed by atoms with E-state index in [4.69, 9.17) is 0 Å². The summed E-state index contributed by atoms with van der Waals surface area (Å²) in [5.41, 5.74) is -0.262. The number of carboxylic acid groups (broad SMARTS) is 1. The third-order valence-electron chi connectivity index (χ3n) is 3.64. The molecule has 1 aromatic heterocycles. The van der Waals surface area contributed by atoms with Gasteiger partial charge < -0.3 is 14.9 Å². The van der Waals surface area contributed by atoms with Crippen molar-refractivity contribution in [1.82, 2.24) is 14.8 Å². The second-order valence-corrected chi connectivity index (χ2v) is 5.16. The Hall–Kier alpha value is -2.11. The van der Waals surface area contributed by atoms with Gasteiger partial charge in [-0.3, -0.25) is 4.98 Å². The highest BCUT2D eigenvalue weighted by Gasteiger charge is 2.46. The Morgan fingerprint density at radius 1 is 1.42 bits per heavy atom. The predicted octanol–water partition coefficient (Wildman–Crippen LogP) is 1.35. The molecule has 2 amide bonds. The zero-order valence-corrected chi connectivity index (χ0v) is 11.2. The highest BCUT2D eigenvalue weighted by molar-refractivity contribution is 5.87. The largest absolute Gasteiger partial charge is 0.480 e. The van der Waals surface area contributed by atoms with E-state index in [1.165, 1.54) is 18.7 Å². The fourth-order valence-electron chi connectivity index (χ4n) is 2.19. The second kappa shape index (κ2) is 4.53. The number of carboxylic acids is 1. The lowest BCUT2D eigenvalue weighted by atomic mass is 10.0. The van der Waals surface area contributed by atoms with Gasteiger partial charge in [-0.15, -0.1) is 0 Å². The zero-order chi connectivity index (χ0) is 14.2. The minimum absolute atomic E-state index is 0.144. The van der Waals surface area contributed by atoms with Crippen LogP contribution in [0.25, 0.3) is 0 Å². The molecule has 1 atom stereocenters. The van der Waals surface area contributed by atoms with Crippen molar-refractivity contribution in [2.24, 2.45) is 0 Å². The number of carbonyl (C=O) groups excluding carboxylic acids is 1. The third-order valence-corrected chi connectivity index (χ3v) is 3.64. The summed E-state index contributed by atoms with van der Waals surface area (Å²) in [4.78, 5) is 30.4. The molecule has 0 aromatic carbocycles. The number of pyridine rings is 1. The van der Waals surface area contributed by atoms with Crippen molar-refractivity contribution in [3.05, 3.63) is 30.1 Å². The summed E-state index contributed by atoms with van der Waals surface area (Å²) in [5.74, 6) is -1.01.